The van der Waals surface area contributed by atoms with E-state index in [0.717, 1.165) is 19.8 Å². The molecule has 5 rings (SSSR count). The van der Waals surface area contributed by atoms with E-state index in [0.29, 0.717) is 0 Å². The van der Waals surface area contributed by atoms with Crippen LogP contribution in [-0.2, 0) is 6.54 Å². The van der Waals surface area contributed by atoms with Gasteiger partial charge in [0.1, 0.15) is 0 Å². The summed E-state index contributed by atoms with van der Waals surface area (Å²) >= 11 is 0. The number of fused-ring (bicyclic) bond motifs is 5. The molecule has 2 nitrogen and oxygen atoms in total. The first-order valence-corrected chi connectivity index (χ1v) is 8.83. The van der Waals surface area contributed by atoms with Crippen molar-refractivity contribution < 1.29 is 0 Å². The molecule has 0 radical (unpaired) electrons. The molecule has 1 N–H and O–H groups in total. The van der Waals surface area contributed by atoms with Gasteiger partial charge >= 0.3 is 0 Å². The quantitative estimate of drug-likeness (QED) is 0.521. The Balaban J connectivity index is 1.63. The van der Waals surface area contributed by atoms with Crippen LogP contribution in [-0.4, -0.2) is 18.1 Å². The first-order valence-electron chi connectivity index (χ1n) is 8.83. The van der Waals surface area contributed by atoms with Crippen molar-refractivity contribution in [1.82, 2.24) is 10.2 Å². The van der Waals surface area contributed by atoms with Gasteiger partial charge in [-0.25, -0.2) is 0 Å². The molecule has 2 heteroatoms. The zero-order chi connectivity index (χ0) is 16.6. The lowest BCUT2D eigenvalue weighted by atomic mass is 9.96. The Morgan fingerprint density at radius 1 is 0.760 bits per heavy atom. The van der Waals surface area contributed by atoms with Crippen molar-refractivity contribution in [2.75, 3.05) is 13.2 Å². The Hall–Kier alpha value is -2.84. The van der Waals surface area contributed by atoms with Crippen LogP contribution in [0.2, 0.25) is 0 Å². The van der Waals surface area contributed by atoms with Gasteiger partial charge in [0.25, 0.3) is 0 Å². The SMILES string of the molecule is C1=CN(Cc2ccc3c(ccc4c5ccccc5ccc34)c2)CNC1. The highest BCUT2D eigenvalue weighted by Crippen LogP contribution is 2.31. The van der Waals surface area contributed by atoms with Crippen molar-refractivity contribution >= 4 is 32.3 Å². The predicted molar refractivity (Wildman–Crippen MR) is 107 cm³/mol. The molecule has 1 heterocycles. The third-order valence-corrected chi connectivity index (χ3v) is 5.09. The van der Waals surface area contributed by atoms with Crippen LogP contribution in [0.3, 0.4) is 0 Å². The highest BCUT2D eigenvalue weighted by atomic mass is 15.2. The third kappa shape index (κ3) is 2.55. The standard InChI is InChI=1S/C23H20N2/c1-2-5-20-18(4-1)7-10-23-21-9-6-17(14-19(21)8-11-22(20)23)15-25-13-3-12-24-16-25/h1-11,13-14,24H,12,15-16H2. The van der Waals surface area contributed by atoms with E-state index < -0.39 is 0 Å². The number of hydrogen-bond donors (Lipinski definition) is 1. The maximum Gasteiger partial charge on any atom is 0.0682 e. The first-order chi connectivity index (χ1) is 12.4. The number of nitrogens with one attached hydrogen (secondary N) is 1. The lowest BCUT2D eigenvalue weighted by Crippen LogP contribution is -2.33. The molecule has 0 saturated carbocycles. The zero-order valence-corrected chi connectivity index (χ0v) is 14.1. The molecule has 0 unspecified atom stereocenters. The summed E-state index contributed by atoms with van der Waals surface area (Å²) in [6, 6.07) is 24.5. The fourth-order valence-electron chi connectivity index (χ4n) is 3.87. The monoisotopic (exact) mass is 324 g/mol. The predicted octanol–water partition coefficient (Wildman–Crippen LogP) is 5.02. The molecule has 1 aliphatic rings. The molecule has 25 heavy (non-hydrogen) atoms. The summed E-state index contributed by atoms with van der Waals surface area (Å²) in [6.45, 7) is 2.82. The topological polar surface area (TPSA) is 15.3 Å². The third-order valence-electron chi connectivity index (χ3n) is 5.09. The second kappa shape index (κ2) is 5.91. The number of nitrogens with zero attached hydrogens (tertiary/aromatic N) is 1. The molecule has 122 valence electrons. The number of hydrogen-bond acceptors (Lipinski definition) is 2. The van der Waals surface area contributed by atoms with Gasteiger partial charge < -0.3 is 4.90 Å². The fraction of sp³-hybridized carbons (Fsp3) is 0.130. The van der Waals surface area contributed by atoms with Gasteiger partial charge in [0.05, 0.1) is 6.67 Å². The van der Waals surface area contributed by atoms with E-state index in [1.807, 2.05) is 0 Å². The number of rotatable bonds is 2. The van der Waals surface area contributed by atoms with Crippen LogP contribution in [0.1, 0.15) is 5.56 Å². The normalized spacial score (nSPS) is 14.6. The van der Waals surface area contributed by atoms with E-state index in [1.54, 1.807) is 0 Å². The van der Waals surface area contributed by atoms with Gasteiger partial charge in [-0.05, 0) is 50.1 Å². The summed E-state index contributed by atoms with van der Waals surface area (Å²) in [7, 11) is 0. The molecule has 1 aliphatic heterocycles. The minimum Gasteiger partial charge on any atom is -0.361 e. The molecule has 4 aromatic carbocycles. The first kappa shape index (κ1) is 14.5. The van der Waals surface area contributed by atoms with Crippen molar-refractivity contribution in [3.05, 3.63) is 84.6 Å². The molecule has 0 spiro atoms. The minimum absolute atomic E-state index is 0.915. The van der Waals surface area contributed by atoms with Gasteiger partial charge in [-0.1, -0.05) is 66.7 Å². The molecule has 0 amide bonds. The average molecular weight is 324 g/mol. The van der Waals surface area contributed by atoms with Crippen molar-refractivity contribution in [1.29, 1.82) is 0 Å². The van der Waals surface area contributed by atoms with Crippen molar-refractivity contribution in [3.63, 3.8) is 0 Å². The van der Waals surface area contributed by atoms with Gasteiger partial charge in [-0.15, -0.1) is 0 Å². The Morgan fingerprint density at radius 3 is 2.36 bits per heavy atom. The largest absolute Gasteiger partial charge is 0.361 e. The van der Waals surface area contributed by atoms with E-state index in [-0.39, 0.29) is 0 Å². The van der Waals surface area contributed by atoms with Gasteiger partial charge in [-0.3, -0.25) is 5.32 Å². The molecular formula is C23H20N2. The van der Waals surface area contributed by atoms with E-state index in [4.69, 9.17) is 0 Å². The lowest BCUT2D eigenvalue weighted by molar-refractivity contribution is 0.328. The molecule has 0 aliphatic carbocycles. The van der Waals surface area contributed by atoms with Crippen LogP contribution in [0.15, 0.2) is 79.0 Å². The van der Waals surface area contributed by atoms with Crippen LogP contribution < -0.4 is 5.32 Å². The lowest BCUT2D eigenvalue weighted by Gasteiger charge is -2.24. The summed E-state index contributed by atoms with van der Waals surface area (Å²) in [5.74, 6) is 0. The maximum atomic E-state index is 3.37. The van der Waals surface area contributed by atoms with Gasteiger partial charge in [0, 0.05) is 13.1 Å². The summed E-state index contributed by atoms with van der Waals surface area (Å²) in [5, 5.41) is 11.3. The highest BCUT2D eigenvalue weighted by molar-refractivity contribution is 6.17. The Kier molecular flexibility index (Phi) is 3.43. The Bertz CT molecular complexity index is 1110. The molecule has 0 fully saturated rings. The van der Waals surface area contributed by atoms with Gasteiger partial charge in [-0.2, -0.15) is 0 Å². The maximum absolute atomic E-state index is 3.37. The average Bonchev–Trinajstić information content (AvgIpc) is 2.68. The minimum atomic E-state index is 0.915. The van der Waals surface area contributed by atoms with Crippen LogP contribution in [0, 0.1) is 0 Å². The van der Waals surface area contributed by atoms with Crippen LogP contribution >= 0.6 is 0 Å². The van der Waals surface area contributed by atoms with E-state index >= 15 is 0 Å². The van der Waals surface area contributed by atoms with Crippen LogP contribution in [0.5, 0.6) is 0 Å². The summed E-state index contributed by atoms with van der Waals surface area (Å²) in [6.07, 6.45) is 4.36. The van der Waals surface area contributed by atoms with Gasteiger partial charge in [0.2, 0.25) is 0 Å². The second-order valence-electron chi connectivity index (χ2n) is 6.75. The van der Waals surface area contributed by atoms with Crippen LogP contribution in [0.25, 0.3) is 32.3 Å². The molecule has 0 atom stereocenters. The second-order valence-corrected chi connectivity index (χ2v) is 6.75. The van der Waals surface area contributed by atoms with E-state index in [1.165, 1.54) is 37.9 Å². The molecule has 0 aromatic heterocycles. The highest BCUT2D eigenvalue weighted by Gasteiger charge is 2.07. The smallest absolute Gasteiger partial charge is 0.0682 e. The van der Waals surface area contributed by atoms with Gasteiger partial charge in [0.15, 0.2) is 0 Å². The fourth-order valence-corrected chi connectivity index (χ4v) is 3.87. The summed E-state index contributed by atoms with van der Waals surface area (Å²) in [5.41, 5.74) is 1.35. The molecular weight excluding hydrogens is 304 g/mol. The van der Waals surface area contributed by atoms with Crippen LogP contribution in [0.4, 0.5) is 0 Å². The molecule has 0 bridgehead atoms. The molecule has 0 saturated heterocycles. The summed E-state index contributed by atoms with van der Waals surface area (Å²) < 4.78 is 0. The van der Waals surface area contributed by atoms with E-state index in [2.05, 4.69) is 89.2 Å². The van der Waals surface area contributed by atoms with Crippen molar-refractivity contribution in [3.8, 4) is 0 Å². The Morgan fingerprint density at radius 2 is 1.52 bits per heavy atom. The van der Waals surface area contributed by atoms with E-state index in [9.17, 15) is 0 Å². The van der Waals surface area contributed by atoms with Crippen molar-refractivity contribution in [2.45, 2.75) is 6.54 Å². The number of benzene rings is 4. The van der Waals surface area contributed by atoms with Crippen molar-refractivity contribution in [2.24, 2.45) is 0 Å². The Labute approximate surface area is 147 Å². The zero-order valence-electron chi connectivity index (χ0n) is 14.1. The summed E-state index contributed by atoms with van der Waals surface area (Å²) in [4.78, 5) is 2.30. The molecule has 4 aromatic rings.